The Bertz CT molecular complexity index is 824. The fourth-order valence-corrected chi connectivity index (χ4v) is 2.70. The van der Waals surface area contributed by atoms with Crippen molar-refractivity contribution in [1.82, 2.24) is 19.8 Å². The second kappa shape index (κ2) is 8.43. The molecule has 142 valence electrons. The van der Waals surface area contributed by atoms with Crippen molar-refractivity contribution in [1.29, 1.82) is 0 Å². The van der Waals surface area contributed by atoms with Gasteiger partial charge in [-0.25, -0.2) is 19.2 Å². The summed E-state index contributed by atoms with van der Waals surface area (Å²) in [5.74, 6) is -0.425. The molecule has 0 bridgehead atoms. The molecule has 27 heavy (non-hydrogen) atoms. The summed E-state index contributed by atoms with van der Waals surface area (Å²) >= 11 is 0. The number of rotatable bonds is 4. The Hall–Kier alpha value is -3.23. The normalized spacial score (nSPS) is 14.0. The van der Waals surface area contributed by atoms with Gasteiger partial charge in [0.25, 0.3) is 5.91 Å². The monoisotopic (exact) mass is 373 g/mol. The van der Waals surface area contributed by atoms with Gasteiger partial charge in [0.05, 0.1) is 6.61 Å². The first-order valence-corrected chi connectivity index (χ1v) is 8.63. The van der Waals surface area contributed by atoms with E-state index in [9.17, 15) is 14.0 Å². The van der Waals surface area contributed by atoms with Gasteiger partial charge in [0, 0.05) is 38.1 Å². The van der Waals surface area contributed by atoms with Crippen LogP contribution in [0, 0.1) is 5.82 Å². The molecule has 1 aliphatic rings. The van der Waals surface area contributed by atoms with Crippen molar-refractivity contribution in [3.05, 3.63) is 48.0 Å². The molecule has 0 saturated carbocycles. The third-order valence-corrected chi connectivity index (χ3v) is 4.05. The fourth-order valence-electron chi connectivity index (χ4n) is 2.70. The molecule has 2 aromatic rings. The topological polar surface area (TPSA) is 87.7 Å². The summed E-state index contributed by atoms with van der Waals surface area (Å²) in [4.78, 5) is 35.9. The summed E-state index contributed by atoms with van der Waals surface area (Å²) in [6.45, 7) is 3.68. The summed E-state index contributed by atoms with van der Waals surface area (Å²) in [5, 5.41) is 2.88. The second-order valence-electron chi connectivity index (χ2n) is 5.88. The van der Waals surface area contributed by atoms with Crippen molar-refractivity contribution in [2.75, 3.05) is 38.1 Å². The van der Waals surface area contributed by atoms with Crippen LogP contribution in [0.5, 0.6) is 0 Å². The Labute approximate surface area is 156 Å². The minimum Gasteiger partial charge on any atom is -0.450 e. The summed E-state index contributed by atoms with van der Waals surface area (Å²) in [7, 11) is 0. The van der Waals surface area contributed by atoms with E-state index in [1.54, 1.807) is 28.9 Å². The summed E-state index contributed by atoms with van der Waals surface area (Å²) in [5.41, 5.74) is 0.719. The maximum Gasteiger partial charge on any atom is 0.409 e. The lowest BCUT2D eigenvalue weighted by atomic mass is 10.3. The van der Waals surface area contributed by atoms with E-state index in [4.69, 9.17) is 4.74 Å². The van der Waals surface area contributed by atoms with E-state index in [1.165, 1.54) is 24.4 Å². The van der Waals surface area contributed by atoms with Crippen molar-refractivity contribution >= 4 is 23.6 Å². The first-order chi connectivity index (χ1) is 13.1. The molecule has 1 aliphatic heterocycles. The van der Waals surface area contributed by atoms with E-state index in [2.05, 4.69) is 15.3 Å². The number of carbonyl (C=O) groups excluding carboxylic acids is 2. The van der Waals surface area contributed by atoms with E-state index in [0.717, 1.165) is 0 Å². The number of aromatic nitrogens is 2. The first kappa shape index (κ1) is 18.6. The van der Waals surface area contributed by atoms with Gasteiger partial charge in [-0.3, -0.25) is 4.79 Å². The lowest BCUT2D eigenvalue weighted by Crippen LogP contribution is -2.50. The lowest BCUT2D eigenvalue weighted by Gasteiger charge is -2.33. The molecule has 0 radical (unpaired) electrons. The van der Waals surface area contributed by atoms with Crippen LogP contribution in [0.2, 0.25) is 0 Å². The largest absolute Gasteiger partial charge is 0.450 e. The summed E-state index contributed by atoms with van der Waals surface area (Å²) < 4.78 is 18.2. The number of amides is 2. The Kier molecular flexibility index (Phi) is 5.80. The van der Waals surface area contributed by atoms with Crippen molar-refractivity contribution in [3.8, 4) is 0 Å². The maximum atomic E-state index is 13.3. The van der Waals surface area contributed by atoms with Crippen molar-refractivity contribution in [3.63, 3.8) is 0 Å². The van der Waals surface area contributed by atoms with Gasteiger partial charge >= 0.3 is 6.09 Å². The molecule has 1 aromatic carbocycles. The first-order valence-electron chi connectivity index (χ1n) is 8.63. The van der Waals surface area contributed by atoms with Gasteiger partial charge in [0.15, 0.2) is 0 Å². The van der Waals surface area contributed by atoms with E-state index < -0.39 is 0 Å². The zero-order valence-electron chi connectivity index (χ0n) is 14.9. The number of benzene rings is 1. The number of nitrogens with zero attached hydrogens (tertiary/aromatic N) is 4. The molecule has 0 atom stereocenters. The van der Waals surface area contributed by atoms with Gasteiger partial charge in [0.1, 0.15) is 11.5 Å². The van der Waals surface area contributed by atoms with Crippen molar-refractivity contribution < 1.29 is 18.7 Å². The molecule has 1 aromatic heterocycles. The Morgan fingerprint density at radius 2 is 1.93 bits per heavy atom. The number of ether oxygens (including phenoxy) is 1. The van der Waals surface area contributed by atoms with Crippen molar-refractivity contribution in [2.24, 2.45) is 0 Å². The van der Waals surface area contributed by atoms with Crippen molar-refractivity contribution in [2.45, 2.75) is 6.92 Å². The van der Waals surface area contributed by atoms with E-state index >= 15 is 0 Å². The number of piperazine rings is 1. The van der Waals surface area contributed by atoms with Crippen LogP contribution < -0.4 is 5.32 Å². The van der Waals surface area contributed by atoms with E-state index in [1.807, 2.05) is 0 Å². The molecule has 0 spiro atoms. The molecule has 2 heterocycles. The van der Waals surface area contributed by atoms with Crippen LogP contribution in [0.1, 0.15) is 17.4 Å². The minimum atomic E-state index is -0.383. The van der Waals surface area contributed by atoms with Crippen LogP contribution in [0.15, 0.2) is 36.5 Å². The van der Waals surface area contributed by atoms with Gasteiger partial charge in [0.2, 0.25) is 5.95 Å². The Morgan fingerprint density at radius 1 is 1.19 bits per heavy atom. The van der Waals surface area contributed by atoms with Gasteiger partial charge in [-0.1, -0.05) is 6.07 Å². The lowest BCUT2D eigenvalue weighted by molar-refractivity contribution is 0.0566. The highest BCUT2D eigenvalue weighted by Crippen LogP contribution is 2.15. The molecular formula is C18H20FN5O3. The molecule has 0 aliphatic carbocycles. The van der Waals surface area contributed by atoms with Crippen LogP contribution in [0.3, 0.4) is 0 Å². The molecule has 2 amide bonds. The molecule has 1 N–H and O–H groups in total. The SMILES string of the molecule is CCOC(=O)N1CCN(C(=O)c2ccnc(Nc3cccc(F)c3)n2)CC1. The zero-order chi connectivity index (χ0) is 19.2. The smallest absolute Gasteiger partial charge is 0.409 e. The van der Waals surface area contributed by atoms with Crippen LogP contribution in [0.4, 0.5) is 20.8 Å². The number of carbonyl (C=O) groups is 2. The summed E-state index contributed by atoms with van der Waals surface area (Å²) in [6, 6.07) is 7.41. The number of nitrogens with one attached hydrogen (secondary N) is 1. The van der Waals surface area contributed by atoms with Gasteiger partial charge < -0.3 is 19.9 Å². The second-order valence-corrected chi connectivity index (χ2v) is 5.88. The molecular weight excluding hydrogens is 353 g/mol. The molecule has 1 saturated heterocycles. The standard InChI is InChI=1S/C18H20FN5O3/c1-2-27-18(26)24-10-8-23(9-11-24)16(25)15-6-7-20-17(22-15)21-14-5-3-4-13(19)12-14/h3-7,12H,2,8-11H2,1H3,(H,20,21,22). The Balaban J connectivity index is 1.63. The fraction of sp³-hybridized carbons (Fsp3) is 0.333. The highest BCUT2D eigenvalue weighted by atomic mass is 19.1. The number of halogens is 1. The average Bonchev–Trinajstić information content (AvgIpc) is 2.68. The predicted octanol–water partition coefficient (Wildman–Crippen LogP) is 2.27. The van der Waals surface area contributed by atoms with E-state index in [0.29, 0.717) is 38.5 Å². The Morgan fingerprint density at radius 3 is 2.63 bits per heavy atom. The number of hydrogen-bond acceptors (Lipinski definition) is 6. The third-order valence-electron chi connectivity index (χ3n) is 4.05. The maximum absolute atomic E-state index is 13.3. The molecule has 0 unspecified atom stereocenters. The number of anilines is 2. The van der Waals surface area contributed by atoms with Gasteiger partial charge in [-0.05, 0) is 31.2 Å². The minimum absolute atomic E-state index is 0.205. The average molecular weight is 373 g/mol. The molecule has 9 heteroatoms. The predicted molar refractivity (Wildman–Crippen MR) is 96.2 cm³/mol. The van der Waals surface area contributed by atoms with E-state index in [-0.39, 0.29) is 29.5 Å². The zero-order valence-corrected chi connectivity index (χ0v) is 14.9. The highest BCUT2D eigenvalue weighted by Gasteiger charge is 2.26. The van der Waals surface area contributed by atoms with Crippen LogP contribution in [0.25, 0.3) is 0 Å². The summed E-state index contributed by atoms with van der Waals surface area (Å²) in [6.07, 6.45) is 1.10. The number of hydrogen-bond donors (Lipinski definition) is 1. The molecule has 1 fully saturated rings. The molecule has 3 rings (SSSR count). The quantitative estimate of drug-likeness (QED) is 0.885. The highest BCUT2D eigenvalue weighted by molar-refractivity contribution is 5.92. The van der Waals surface area contributed by atoms with Crippen LogP contribution in [-0.4, -0.2) is 64.6 Å². The van der Waals surface area contributed by atoms with Crippen LogP contribution in [-0.2, 0) is 4.74 Å². The van der Waals surface area contributed by atoms with Gasteiger partial charge in [-0.15, -0.1) is 0 Å². The van der Waals surface area contributed by atoms with Gasteiger partial charge in [-0.2, -0.15) is 0 Å². The van der Waals surface area contributed by atoms with Crippen LogP contribution >= 0.6 is 0 Å². The molecule has 8 nitrogen and oxygen atoms in total. The third kappa shape index (κ3) is 4.69.